The number of nitrogens with two attached hydrogens (primary N) is 1. The minimum Gasteiger partial charge on any atom is -0.467 e. The largest absolute Gasteiger partial charge is 0.467 e. The second-order valence-electron chi connectivity index (χ2n) is 15.6. The molecule has 0 bridgehead atoms. The fourth-order valence-corrected chi connectivity index (χ4v) is 6.06. The number of esters is 1. The highest BCUT2D eigenvalue weighted by Gasteiger charge is 2.32. The summed E-state index contributed by atoms with van der Waals surface area (Å²) in [5, 5.41) is 22.7. The zero-order valence-electron chi connectivity index (χ0n) is 34.9. The number of methoxy groups -OCH3 is 1. The van der Waals surface area contributed by atoms with E-state index in [9.17, 15) is 33.9 Å². The zero-order chi connectivity index (χ0) is 42.7. The molecule has 5 atom stereocenters. The van der Waals surface area contributed by atoms with Gasteiger partial charge >= 0.3 is 5.97 Å². The number of aliphatic hydroxyl groups excluding tert-OH is 1. The van der Waals surface area contributed by atoms with Crippen molar-refractivity contribution in [1.82, 2.24) is 31.5 Å². The number of unbranched alkanes of at least 4 members (excludes halogenated alkanes) is 1. The number of hydrogen-bond acceptors (Lipinski definition) is 10. The second-order valence-corrected chi connectivity index (χ2v) is 15.6. The lowest BCUT2D eigenvalue weighted by Crippen LogP contribution is -2.61. The lowest BCUT2D eigenvalue weighted by molar-refractivity contribution is -0.146. The number of rotatable bonds is 23. The van der Waals surface area contributed by atoms with Gasteiger partial charge in [0, 0.05) is 12.0 Å². The average molecular weight is 796 g/mol. The van der Waals surface area contributed by atoms with E-state index in [1.807, 2.05) is 44.2 Å². The molecule has 0 aliphatic rings. The number of ether oxygens (including phenoxy) is 1. The third-order valence-corrected chi connectivity index (χ3v) is 9.57. The summed E-state index contributed by atoms with van der Waals surface area (Å²) >= 11 is 0. The zero-order valence-corrected chi connectivity index (χ0v) is 34.9. The smallest absolute Gasteiger partial charge is 0.330 e. The molecular weight excluding hydrogens is 731 g/mol. The lowest BCUT2D eigenvalue weighted by Gasteiger charge is -2.27. The minimum absolute atomic E-state index is 0.0887. The molecule has 5 amide bonds. The molecule has 0 aliphatic carbocycles. The second kappa shape index (κ2) is 24.0. The van der Waals surface area contributed by atoms with Gasteiger partial charge in [-0.1, -0.05) is 90.9 Å². The number of amides is 5. The molecule has 0 aromatic heterocycles. The predicted molar refractivity (Wildman–Crippen MR) is 219 cm³/mol. The molecule has 15 heteroatoms. The fourth-order valence-electron chi connectivity index (χ4n) is 6.06. The van der Waals surface area contributed by atoms with Gasteiger partial charge < -0.3 is 47.1 Å². The molecule has 0 saturated carbocycles. The molecule has 0 saturated heterocycles. The quantitative estimate of drug-likeness (QED) is 0.0492. The average Bonchev–Trinajstić information content (AvgIpc) is 3.18. The summed E-state index contributed by atoms with van der Waals surface area (Å²) < 4.78 is 4.67. The van der Waals surface area contributed by atoms with Gasteiger partial charge in [0.15, 0.2) is 12.2 Å². The van der Waals surface area contributed by atoms with Crippen molar-refractivity contribution in [3.63, 3.8) is 0 Å². The van der Waals surface area contributed by atoms with Crippen LogP contribution in [0.3, 0.4) is 0 Å². The van der Waals surface area contributed by atoms with Crippen molar-refractivity contribution in [2.24, 2.45) is 11.7 Å². The number of nitrogens with one attached hydrogen (secondary N) is 5. The van der Waals surface area contributed by atoms with Crippen LogP contribution >= 0.6 is 0 Å². The first-order chi connectivity index (χ1) is 26.9. The molecular formula is C42H65N7O8. The van der Waals surface area contributed by atoms with Crippen LogP contribution in [0.1, 0.15) is 95.6 Å². The van der Waals surface area contributed by atoms with Crippen LogP contribution in [0.2, 0.25) is 0 Å². The van der Waals surface area contributed by atoms with Crippen LogP contribution in [-0.2, 0) is 40.5 Å². The van der Waals surface area contributed by atoms with Crippen LogP contribution in [0, 0.1) is 5.92 Å². The summed E-state index contributed by atoms with van der Waals surface area (Å²) in [5.74, 6) is -4.38. The third-order valence-electron chi connectivity index (χ3n) is 9.57. The molecule has 2 aromatic rings. The maximum Gasteiger partial charge on any atom is 0.330 e. The van der Waals surface area contributed by atoms with Crippen molar-refractivity contribution in [3.05, 3.63) is 71.3 Å². The van der Waals surface area contributed by atoms with Crippen LogP contribution in [-0.4, -0.2) is 109 Å². The normalized spacial score (nSPS) is 14.1. The van der Waals surface area contributed by atoms with Crippen LogP contribution in [0.4, 0.5) is 0 Å². The van der Waals surface area contributed by atoms with Gasteiger partial charge in [-0.05, 0) is 79.9 Å². The van der Waals surface area contributed by atoms with Crippen molar-refractivity contribution >= 4 is 35.5 Å². The fraction of sp³-hybridized carbons (Fsp3) is 0.571. The molecule has 2 aromatic carbocycles. The molecule has 0 unspecified atom stereocenters. The molecule has 15 nitrogen and oxygen atoms in total. The van der Waals surface area contributed by atoms with E-state index in [1.54, 1.807) is 24.3 Å². The van der Waals surface area contributed by atoms with E-state index in [4.69, 9.17) is 5.73 Å². The molecule has 316 valence electrons. The van der Waals surface area contributed by atoms with E-state index < -0.39 is 72.4 Å². The highest BCUT2D eigenvalue weighted by Crippen LogP contribution is 2.22. The van der Waals surface area contributed by atoms with E-state index in [-0.39, 0.29) is 30.6 Å². The topological polar surface area (TPSA) is 221 Å². The van der Waals surface area contributed by atoms with E-state index in [1.165, 1.54) is 0 Å². The summed E-state index contributed by atoms with van der Waals surface area (Å²) in [6.45, 7) is 15.8. The van der Waals surface area contributed by atoms with Crippen molar-refractivity contribution in [1.29, 1.82) is 0 Å². The molecule has 57 heavy (non-hydrogen) atoms. The lowest BCUT2D eigenvalue weighted by atomic mass is 9.86. The van der Waals surface area contributed by atoms with E-state index in [0.717, 1.165) is 44.3 Å². The third kappa shape index (κ3) is 16.6. The Labute approximate surface area is 337 Å². The summed E-state index contributed by atoms with van der Waals surface area (Å²) in [4.78, 5) is 82.0. The molecule has 0 heterocycles. The van der Waals surface area contributed by atoms with E-state index >= 15 is 0 Å². The number of carbonyl (C=O) groups is 6. The highest BCUT2D eigenvalue weighted by atomic mass is 16.5. The number of hydrogen-bond donors (Lipinski definition) is 7. The Morgan fingerprint density at radius 2 is 1.30 bits per heavy atom. The van der Waals surface area contributed by atoms with Crippen molar-refractivity contribution < 1.29 is 38.6 Å². The molecule has 0 aliphatic heterocycles. The SMILES string of the molecule is CCN(CC)CCCC[C@H](NC(=O)[C@H](CC(C)C)NC(=O)[C@H](N)NC(=O)[C@H](Cc1ccccc1)NC(=O)c1ccc(C(C)(C)C)cc1)C(=O)N[C@@H](CO)C(=O)OC. The van der Waals surface area contributed by atoms with Gasteiger partial charge in [-0.3, -0.25) is 24.0 Å². The van der Waals surface area contributed by atoms with Gasteiger partial charge in [-0.2, -0.15) is 0 Å². The summed E-state index contributed by atoms with van der Waals surface area (Å²) in [7, 11) is 1.13. The molecule has 8 N–H and O–H groups in total. The van der Waals surface area contributed by atoms with Gasteiger partial charge in [0.05, 0.1) is 13.7 Å². The first-order valence-electron chi connectivity index (χ1n) is 19.8. The number of nitrogens with zero attached hydrogens (tertiary/aromatic N) is 1. The molecule has 0 spiro atoms. The molecule has 2 rings (SSSR count). The Kier molecular flexibility index (Phi) is 20.4. The Morgan fingerprint density at radius 1 is 0.737 bits per heavy atom. The molecule has 0 fully saturated rings. The predicted octanol–water partition coefficient (Wildman–Crippen LogP) is 1.90. The molecule has 0 radical (unpaired) electrons. The van der Waals surface area contributed by atoms with Gasteiger partial charge in [-0.15, -0.1) is 0 Å². The van der Waals surface area contributed by atoms with Gasteiger partial charge in [0.25, 0.3) is 11.8 Å². The first-order valence-corrected chi connectivity index (χ1v) is 19.8. The van der Waals surface area contributed by atoms with Gasteiger partial charge in [0.1, 0.15) is 18.1 Å². The van der Waals surface area contributed by atoms with E-state index in [2.05, 4.69) is 70.8 Å². The van der Waals surface area contributed by atoms with Crippen LogP contribution in [0.5, 0.6) is 0 Å². The van der Waals surface area contributed by atoms with Gasteiger partial charge in [-0.25, -0.2) is 4.79 Å². The van der Waals surface area contributed by atoms with Crippen LogP contribution in [0.15, 0.2) is 54.6 Å². The monoisotopic (exact) mass is 795 g/mol. The Morgan fingerprint density at radius 3 is 1.84 bits per heavy atom. The Hall–Kier alpha value is -4.86. The number of aliphatic hydroxyl groups is 1. The highest BCUT2D eigenvalue weighted by molar-refractivity contribution is 5.99. The number of carbonyl (C=O) groups excluding carboxylic acids is 6. The maximum absolute atomic E-state index is 13.8. The van der Waals surface area contributed by atoms with Crippen molar-refractivity contribution in [3.8, 4) is 0 Å². The van der Waals surface area contributed by atoms with Crippen LogP contribution in [0.25, 0.3) is 0 Å². The first kappa shape index (κ1) is 48.3. The standard InChI is InChI=1S/C42H65N7O8/c1-9-49(10-2)23-15-14-18-31(37(52)47-34(26-50)41(56)57-8)44-38(53)32(24-27(3)4)46-40(55)35(43)48-39(54)33(25-28-16-12-11-13-17-28)45-36(51)29-19-21-30(22-20-29)42(5,6)7/h11-13,16-17,19-22,27,31-35,50H,9-10,14-15,18,23-26,43H2,1-8H3,(H,44,53)(H,45,51)(H,46,55)(H,47,52)(H,48,54)/t31-,32-,33-,34-,35+/m0/s1. The van der Waals surface area contributed by atoms with Gasteiger partial charge in [0.2, 0.25) is 17.7 Å². The number of benzene rings is 2. The van der Waals surface area contributed by atoms with E-state index in [0.29, 0.717) is 12.0 Å². The van der Waals surface area contributed by atoms with Crippen molar-refractivity contribution in [2.75, 3.05) is 33.4 Å². The summed E-state index contributed by atoms with van der Waals surface area (Å²) in [5.41, 5.74) is 8.23. The Bertz CT molecular complexity index is 1590. The summed E-state index contributed by atoms with van der Waals surface area (Å²) in [6, 6.07) is 11.5. The van der Waals surface area contributed by atoms with Crippen LogP contribution < -0.4 is 32.3 Å². The summed E-state index contributed by atoms with van der Waals surface area (Å²) in [6.07, 6.45) is 0.166. The Balaban J connectivity index is 2.23. The minimum atomic E-state index is -1.61. The van der Waals surface area contributed by atoms with Crippen molar-refractivity contribution in [2.45, 2.75) is 116 Å². The maximum atomic E-state index is 13.8.